The summed E-state index contributed by atoms with van der Waals surface area (Å²) in [6.45, 7) is 3.37. The molecule has 0 amide bonds. The summed E-state index contributed by atoms with van der Waals surface area (Å²) in [6, 6.07) is 0. The molecule has 90 valence electrons. The smallest absolute Gasteiger partial charge is 0.331 e. The summed E-state index contributed by atoms with van der Waals surface area (Å²) in [5, 5.41) is 17.3. The molecule has 0 radical (unpaired) electrons. The molecule has 6 nitrogen and oxygen atoms in total. The number of hydrogen-bond donors (Lipinski definition) is 2. The van der Waals surface area contributed by atoms with E-state index in [1.54, 1.807) is 0 Å². The molecule has 0 bridgehead atoms. The molecule has 0 spiro atoms. The van der Waals surface area contributed by atoms with Gasteiger partial charge < -0.3 is 14.9 Å². The van der Waals surface area contributed by atoms with Gasteiger partial charge in [-0.25, -0.2) is 9.59 Å². The highest BCUT2D eigenvalue weighted by molar-refractivity contribution is 5.94. The van der Waals surface area contributed by atoms with Crippen molar-refractivity contribution in [2.45, 2.75) is 6.42 Å². The van der Waals surface area contributed by atoms with Crippen LogP contribution in [0.15, 0.2) is 11.6 Å². The second kappa shape index (κ2) is 6.24. The lowest BCUT2D eigenvalue weighted by molar-refractivity contribution is -0.135. The maximum atomic E-state index is 10.7. The first-order valence-corrected chi connectivity index (χ1v) is 5.06. The number of morpholine rings is 1. The van der Waals surface area contributed by atoms with Gasteiger partial charge >= 0.3 is 11.9 Å². The summed E-state index contributed by atoms with van der Waals surface area (Å²) in [6.07, 6.45) is 0.990. The molecule has 16 heavy (non-hydrogen) atoms. The number of rotatable bonds is 5. The van der Waals surface area contributed by atoms with Gasteiger partial charge in [0, 0.05) is 31.3 Å². The van der Waals surface area contributed by atoms with Crippen LogP contribution in [0.2, 0.25) is 0 Å². The lowest BCUT2D eigenvalue weighted by Crippen LogP contribution is -2.37. The van der Waals surface area contributed by atoms with Crippen LogP contribution in [0, 0.1) is 0 Å². The van der Waals surface area contributed by atoms with Crippen LogP contribution >= 0.6 is 0 Å². The maximum Gasteiger partial charge on any atom is 0.331 e. The van der Waals surface area contributed by atoms with Gasteiger partial charge in [0.15, 0.2) is 0 Å². The largest absolute Gasteiger partial charge is 0.478 e. The lowest BCUT2D eigenvalue weighted by atomic mass is 10.1. The van der Waals surface area contributed by atoms with Crippen LogP contribution in [-0.4, -0.2) is 59.9 Å². The molecule has 1 aliphatic heterocycles. The molecule has 0 aromatic carbocycles. The van der Waals surface area contributed by atoms with Gasteiger partial charge in [0.05, 0.1) is 13.2 Å². The van der Waals surface area contributed by atoms with Gasteiger partial charge in [-0.05, 0) is 6.42 Å². The summed E-state index contributed by atoms with van der Waals surface area (Å²) in [7, 11) is 0. The lowest BCUT2D eigenvalue weighted by Gasteiger charge is -2.26. The number of aliphatic carboxylic acids is 2. The molecule has 0 atom stereocenters. The van der Waals surface area contributed by atoms with E-state index in [1.165, 1.54) is 0 Å². The minimum atomic E-state index is -1.22. The average Bonchev–Trinajstić information content (AvgIpc) is 2.25. The summed E-state index contributed by atoms with van der Waals surface area (Å²) >= 11 is 0. The van der Waals surface area contributed by atoms with Crippen LogP contribution in [0.1, 0.15) is 6.42 Å². The van der Waals surface area contributed by atoms with Gasteiger partial charge in [0.25, 0.3) is 0 Å². The Kier molecular flexibility index (Phi) is 4.94. The number of ether oxygens (including phenoxy) is 1. The Morgan fingerprint density at radius 3 is 2.38 bits per heavy atom. The number of nitrogens with zero attached hydrogens (tertiary/aromatic N) is 1. The molecule has 0 saturated carbocycles. The van der Waals surface area contributed by atoms with Gasteiger partial charge in [0.1, 0.15) is 0 Å². The quantitative estimate of drug-likeness (QED) is 0.635. The van der Waals surface area contributed by atoms with E-state index in [9.17, 15) is 9.59 Å². The normalized spacial score (nSPS) is 18.4. The highest BCUT2D eigenvalue weighted by Gasteiger charge is 2.14. The molecule has 0 unspecified atom stereocenters. The number of carboxylic acids is 2. The zero-order valence-electron chi connectivity index (χ0n) is 8.89. The van der Waals surface area contributed by atoms with E-state index >= 15 is 0 Å². The van der Waals surface area contributed by atoms with E-state index in [4.69, 9.17) is 14.9 Å². The molecule has 0 aromatic heterocycles. The van der Waals surface area contributed by atoms with Gasteiger partial charge in [0.2, 0.25) is 0 Å². The predicted molar refractivity (Wildman–Crippen MR) is 55.2 cm³/mol. The summed E-state index contributed by atoms with van der Waals surface area (Å²) in [5.74, 6) is -2.39. The Morgan fingerprint density at radius 2 is 1.88 bits per heavy atom. The Hall–Kier alpha value is -1.40. The van der Waals surface area contributed by atoms with Gasteiger partial charge in [-0.1, -0.05) is 0 Å². The fraction of sp³-hybridized carbons (Fsp3) is 0.600. The first-order chi connectivity index (χ1) is 7.59. The minimum absolute atomic E-state index is 0.0704. The molecule has 1 fully saturated rings. The fourth-order valence-electron chi connectivity index (χ4n) is 1.49. The summed E-state index contributed by atoms with van der Waals surface area (Å²) in [5.41, 5.74) is -0.0704. The van der Waals surface area contributed by atoms with Crippen molar-refractivity contribution in [1.82, 2.24) is 4.90 Å². The second-order valence-electron chi connectivity index (χ2n) is 3.52. The van der Waals surface area contributed by atoms with E-state index in [2.05, 4.69) is 4.90 Å². The zero-order chi connectivity index (χ0) is 12.0. The van der Waals surface area contributed by atoms with E-state index in [1.807, 2.05) is 0 Å². The first-order valence-electron chi connectivity index (χ1n) is 5.06. The topological polar surface area (TPSA) is 87.1 Å². The molecule has 6 heteroatoms. The molecule has 2 N–H and O–H groups in total. The van der Waals surface area contributed by atoms with Crippen molar-refractivity contribution >= 4 is 11.9 Å². The van der Waals surface area contributed by atoms with E-state index in [-0.39, 0.29) is 12.0 Å². The van der Waals surface area contributed by atoms with Crippen molar-refractivity contribution in [2.75, 3.05) is 32.8 Å². The van der Waals surface area contributed by atoms with E-state index in [0.29, 0.717) is 19.8 Å². The highest BCUT2D eigenvalue weighted by Crippen LogP contribution is 2.05. The molecule has 1 heterocycles. The number of carboxylic acid groups (broad SMARTS) is 2. The van der Waals surface area contributed by atoms with Crippen LogP contribution in [0.3, 0.4) is 0 Å². The predicted octanol–water partition coefficient (Wildman–Crippen LogP) is -0.196. The van der Waals surface area contributed by atoms with Crippen molar-refractivity contribution in [2.24, 2.45) is 0 Å². The zero-order valence-corrected chi connectivity index (χ0v) is 8.89. The van der Waals surface area contributed by atoms with Gasteiger partial charge in [-0.2, -0.15) is 0 Å². The van der Waals surface area contributed by atoms with Crippen molar-refractivity contribution in [3.8, 4) is 0 Å². The Morgan fingerprint density at radius 1 is 1.25 bits per heavy atom. The van der Waals surface area contributed by atoms with E-state index < -0.39 is 11.9 Å². The van der Waals surface area contributed by atoms with Crippen LogP contribution in [-0.2, 0) is 14.3 Å². The van der Waals surface area contributed by atoms with Crippen LogP contribution in [0.25, 0.3) is 0 Å². The minimum Gasteiger partial charge on any atom is -0.478 e. The molecule has 1 saturated heterocycles. The second-order valence-corrected chi connectivity index (χ2v) is 3.52. The third-order valence-corrected chi connectivity index (χ3v) is 2.37. The van der Waals surface area contributed by atoms with E-state index in [0.717, 1.165) is 19.2 Å². The van der Waals surface area contributed by atoms with Gasteiger partial charge in [-0.3, -0.25) is 4.90 Å². The van der Waals surface area contributed by atoms with Crippen molar-refractivity contribution in [3.05, 3.63) is 11.6 Å². The fourth-order valence-corrected chi connectivity index (χ4v) is 1.49. The summed E-state index contributed by atoms with van der Waals surface area (Å²) < 4.78 is 5.15. The van der Waals surface area contributed by atoms with Gasteiger partial charge in [-0.15, -0.1) is 0 Å². The monoisotopic (exact) mass is 229 g/mol. The molecular formula is C10H15NO5. The van der Waals surface area contributed by atoms with Crippen molar-refractivity contribution in [3.63, 3.8) is 0 Å². The molecule has 0 aliphatic carbocycles. The Labute approximate surface area is 93.1 Å². The molecule has 1 aliphatic rings. The molecule has 1 rings (SSSR count). The Balaban J connectivity index is 2.43. The first kappa shape index (κ1) is 12.7. The summed E-state index contributed by atoms with van der Waals surface area (Å²) in [4.78, 5) is 23.2. The average molecular weight is 229 g/mol. The Bertz CT molecular complexity index is 294. The van der Waals surface area contributed by atoms with Crippen LogP contribution < -0.4 is 0 Å². The third-order valence-electron chi connectivity index (χ3n) is 2.37. The van der Waals surface area contributed by atoms with Crippen LogP contribution in [0.5, 0.6) is 0 Å². The third kappa shape index (κ3) is 4.41. The van der Waals surface area contributed by atoms with Crippen molar-refractivity contribution in [1.29, 1.82) is 0 Å². The van der Waals surface area contributed by atoms with Crippen molar-refractivity contribution < 1.29 is 24.5 Å². The van der Waals surface area contributed by atoms with Crippen LogP contribution in [0.4, 0.5) is 0 Å². The maximum absolute atomic E-state index is 10.7. The molecular weight excluding hydrogens is 214 g/mol. The SMILES string of the molecule is O=C(O)/C=C(\CCN1CCOCC1)C(=O)O. The number of hydrogen-bond acceptors (Lipinski definition) is 4. The standard InChI is InChI=1S/C10H15NO5/c12-9(13)7-8(10(14)15)1-2-11-3-5-16-6-4-11/h7H,1-6H2,(H,12,13)(H,14,15)/b8-7+. The highest BCUT2D eigenvalue weighted by atomic mass is 16.5. The number of carbonyl (C=O) groups is 2. The molecule has 0 aromatic rings.